The number of nitrogens with one attached hydrogen (secondary N) is 1. The largest absolute Gasteiger partial charge is 0.497 e. The Morgan fingerprint density at radius 1 is 1.00 bits per heavy atom. The number of amides is 1. The second kappa shape index (κ2) is 10.0. The molecular formula is C26H23N3O4S. The Bertz CT molecular complexity index is 1290. The predicted molar refractivity (Wildman–Crippen MR) is 134 cm³/mol. The second-order valence-electron chi connectivity index (χ2n) is 7.71. The van der Waals surface area contributed by atoms with Gasteiger partial charge in [0.2, 0.25) is 12.7 Å². The number of carbonyl (C=O) groups is 1. The fourth-order valence-electron chi connectivity index (χ4n) is 3.66. The molecule has 3 aromatic rings. The molecular weight excluding hydrogens is 450 g/mol. The number of para-hydroxylation sites is 2. The van der Waals surface area contributed by atoms with Gasteiger partial charge in [0.25, 0.3) is 0 Å². The molecule has 0 aromatic heterocycles. The molecule has 0 saturated heterocycles. The third-order valence-corrected chi connectivity index (χ3v) is 6.38. The molecule has 8 heteroatoms. The van der Waals surface area contributed by atoms with Gasteiger partial charge in [-0.15, -0.1) is 11.8 Å². The Morgan fingerprint density at radius 3 is 2.68 bits per heavy atom. The van der Waals surface area contributed by atoms with Gasteiger partial charge in [0.05, 0.1) is 35.0 Å². The molecule has 1 N–H and O–H groups in total. The zero-order valence-corrected chi connectivity index (χ0v) is 19.4. The lowest BCUT2D eigenvalue weighted by molar-refractivity contribution is -0.118. The Kier molecular flexibility index (Phi) is 6.49. The van der Waals surface area contributed by atoms with Crippen LogP contribution in [0.4, 0.5) is 11.4 Å². The molecule has 5 rings (SSSR count). The van der Waals surface area contributed by atoms with Crippen LogP contribution in [0.5, 0.6) is 17.2 Å². The number of ether oxygens (including phenoxy) is 3. The SMILES string of the molecule is COc1cccc(C2=Nc3ccccc3N=C(SCC(=O)NCc3ccc4c(c3)OCO4)C2)c1. The van der Waals surface area contributed by atoms with Crippen LogP contribution in [-0.2, 0) is 11.3 Å². The molecule has 2 aliphatic rings. The average Bonchev–Trinajstić information content (AvgIpc) is 3.26. The minimum atomic E-state index is -0.0669. The van der Waals surface area contributed by atoms with E-state index in [1.54, 1.807) is 7.11 Å². The first kappa shape index (κ1) is 22.0. The Morgan fingerprint density at radius 2 is 1.82 bits per heavy atom. The second-order valence-corrected chi connectivity index (χ2v) is 8.76. The molecule has 0 fully saturated rings. The lowest BCUT2D eigenvalue weighted by Gasteiger charge is -2.09. The molecule has 0 radical (unpaired) electrons. The van der Waals surface area contributed by atoms with Crippen LogP contribution in [0.2, 0.25) is 0 Å². The number of thioether (sulfide) groups is 1. The van der Waals surface area contributed by atoms with Crippen molar-refractivity contribution in [1.29, 1.82) is 0 Å². The third-order valence-electron chi connectivity index (χ3n) is 5.40. The number of hydrogen-bond donors (Lipinski definition) is 1. The maximum absolute atomic E-state index is 12.6. The Labute approximate surface area is 201 Å². The van der Waals surface area contributed by atoms with E-state index in [0.717, 1.165) is 44.8 Å². The van der Waals surface area contributed by atoms with Gasteiger partial charge in [-0.05, 0) is 42.0 Å². The fourth-order valence-corrected chi connectivity index (χ4v) is 4.46. The molecule has 0 bridgehead atoms. The van der Waals surface area contributed by atoms with Gasteiger partial charge in [0.1, 0.15) is 5.75 Å². The van der Waals surface area contributed by atoms with Gasteiger partial charge in [-0.3, -0.25) is 9.79 Å². The normalized spacial score (nSPS) is 13.9. The van der Waals surface area contributed by atoms with Crippen molar-refractivity contribution in [1.82, 2.24) is 5.32 Å². The highest BCUT2D eigenvalue weighted by Gasteiger charge is 2.17. The van der Waals surface area contributed by atoms with Crippen molar-refractivity contribution >= 4 is 39.8 Å². The van der Waals surface area contributed by atoms with E-state index in [9.17, 15) is 4.79 Å². The van der Waals surface area contributed by atoms with Gasteiger partial charge in [-0.1, -0.05) is 30.3 Å². The van der Waals surface area contributed by atoms with E-state index in [2.05, 4.69) is 5.32 Å². The predicted octanol–water partition coefficient (Wildman–Crippen LogP) is 5.03. The van der Waals surface area contributed by atoms with Crippen molar-refractivity contribution in [2.24, 2.45) is 9.98 Å². The van der Waals surface area contributed by atoms with Gasteiger partial charge in [0, 0.05) is 18.5 Å². The number of carbonyl (C=O) groups excluding carboxylic acids is 1. The van der Waals surface area contributed by atoms with E-state index < -0.39 is 0 Å². The van der Waals surface area contributed by atoms with E-state index >= 15 is 0 Å². The Hall–Kier alpha value is -3.78. The van der Waals surface area contributed by atoms with Crippen molar-refractivity contribution in [3.63, 3.8) is 0 Å². The van der Waals surface area contributed by atoms with Crippen molar-refractivity contribution in [2.45, 2.75) is 13.0 Å². The quantitative estimate of drug-likeness (QED) is 0.543. The maximum Gasteiger partial charge on any atom is 0.231 e. The highest BCUT2D eigenvalue weighted by atomic mass is 32.2. The van der Waals surface area contributed by atoms with E-state index in [-0.39, 0.29) is 18.5 Å². The molecule has 0 atom stereocenters. The molecule has 7 nitrogen and oxygen atoms in total. The minimum Gasteiger partial charge on any atom is -0.497 e. The number of methoxy groups -OCH3 is 1. The van der Waals surface area contributed by atoms with Crippen LogP contribution in [0.1, 0.15) is 17.5 Å². The van der Waals surface area contributed by atoms with Gasteiger partial charge in [-0.25, -0.2) is 4.99 Å². The van der Waals surface area contributed by atoms with Crippen LogP contribution in [0, 0.1) is 0 Å². The summed E-state index contributed by atoms with van der Waals surface area (Å²) in [4.78, 5) is 22.3. The van der Waals surface area contributed by atoms with Crippen LogP contribution in [0.15, 0.2) is 76.7 Å². The van der Waals surface area contributed by atoms with Gasteiger partial charge in [0.15, 0.2) is 11.5 Å². The zero-order valence-electron chi connectivity index (χ0n) is 18.6. The standard InChI is InChI=1S/C26H23N3O4S/c1-31-19-6-4-5-18(12-19)22-13-26(29-21-8-3-2-7-20(21)28-22)34-15-25(30)27-14-17-9-10-23-24(11-17)33-16-32-23/h2-12H,13-16H2,1H3,(H,27,30). The summed E-state index contributed by atoms with van der Waals surface area (Å²) >= 11 is 1.43. The van der Waals surface area contributed by atoms with Crippen molar-refractivity contribution < 1.29 is 19.0 Å². The lowest BCUT2D eigenvalue weighted by Crippen LogP contribution is -2.25. The monoisotopic (exact) mass is 473 g/mol. The van der Waals surface area contributed by atoms with E-state index in [1.165, 1.54) is 11.8 Å². The van der Waals surface area contributed by atoms with E-state index in [1.807, 2.05) is 66.7 Å². The van der Waals surface area contributed by atoms with Crippen molar-refractivity contribution in [3.05, 3.63) is 77.9 Å². The average molecular weight is 474 g/mol. The summed E-state index contributed by atoms with van der Waals surface area (Å²) < 4.78 is 16.1. The van der Waals surface area contributed by atoms with Crippen LogP contribution >= 0.6 is 11.8 Å². The number of rotatable bonds is 6. The molecule has 3 aromatic carbocycles. The smallest absolute Gasteiger partial charge is 0.231 e. The Balaban J connectivity index is 1.26. The summed E-state index contributed by atoms with van der Waals surface area (Å²) in [6.45, 7) is 0.649. The molecule has 2 heterocycles. The number of fused-ring (bicyclic) bond motifs is 2. The summed E-state index contributed by atoms with van der Waals surface area (Å²) in [5.41, 5.74) is 4.41. The first-order valence-corrected chi connectivity index (χ1v) is 11.8. The van der Waals surface area contributed by atoms with Crippen LogP contribution in [0.3, 0.4) is 0 Å². The zero-order chi connectivity index (χ0) is 23.3. The van der Waals surface area contributed by atoms with Crippen LogP contribution < -0.4 is 19.5 Å². The molecule has 172 valence electrons. The molecule has 0 spiro atoms. The first-order valence-electron chi connectivity index (χ1n) is 10.8. The summed E-state index contributed by atoms with van der Waals surface area (Å²) in [6.07, 6.45) is 0.530. The summed E-state index contributed by atoms with van der Waals surface area (Å²) in [5, 5.41) is 3.80. The fraction of sp³-hybridized carbons (Fsp3) is 0.192. The van der Waals surface area contributed by atoms with E-state index in [0.29, 0.717) is 18.7 Å². The van der Waals surface area contributed by atoms with Crippen molar-refractivity contribution in [2.75, 3.05) is 19.7 Å². The third kappa shape index (κ3) is 5.07. The van der Waals surface area contributed by atoms with Crippen LogP contribution in [-0.4, -0.2) is 36.3 Å². The lowest BCUT2D eigenvalue weighted by atomic mass is 10.1. The topological polar surface area (TPSA) is 81.5 Å². The summed E-state index contributed by atoms with van der Waals surface area (Å²) in [5.74, 6) is 2.40. The van der Waals surface area contributed by atoms with Crippen molar-refractivity contribution in [3.8, 4) is 17.2 Å². The molecule has 1 amide bonds. The number of nitrogens with zero attached hydrogens (tertiary/aromatic N) is 2. The number of hydrogen-bond acceptors (Lipinski definition) is 7. The summed E-state index contributed by atoms with van der Waals surface area (Å²) in [6, 6.07) is 21.3. The number of aliphatic imine (C=N–C) groups is 2. The van der Waals surface area contributed by atoms with Gasteiger partial charge in [-0.2, -0.15) is 0 Å². The van der Waals surface area contributed by atoms with Crippen LogP contribution in [0.25, 0.3) is 0 Å². The molecule has 0 unspecified atom stereocenters. The van der Waals surface area contributed by atoms with E-state index in [4.69, 9.17) is 24.2 Å². The first-order chi connectivity index (χ1) is 16.7. The minimum absolute atomic E-state index is 0.0669. The van der Waals surface area contributed by atoms with Gasteiger partial charge < -0.3 is 19.5 Å². The maximum atomic E-state index is 12.6. The number of benzene rings is 3. The van der Waals surface area contributed by atoms with Gasteiger partial charge >= 0.3 is 0 Å². The highest BCUT2D eigenvalue weighted by Crippen LogP contribution is 2.34. The molecule has 2 aliphatic heterocycles. The molecule has 34 heavy (non-hydrogen) atoms. The molecule has 0 aliphatic carbocycles. The molecule has 0 saturated carbocycles. The highest BCUT2D eigenvalue weighted by molar-refractivity contribution is 8.14. The summed E-state index contributed by atoms with van der Waals surface area (Å²) in [7, 11) is 1.65.